The molecule has 0 aliphatic heterocycles. The lowest BCUT2D eigenvalue weighted by Crippen LogP contribution is -2.32. The lowest BCUT2D eigenvalue weighted by Gasteiger charge is -2.17. The molecule has 0 aliphatic rings. The fraction of sp³-hybridized carbons (Fsp3) is 0.192. The second-order valence-electron chi connectivity index (χ2n) is 7.98. The molecule has 0 saturated heterocycles. The molecule has 1 heterocycles. The van der Waals surface area contributed by atoms with Crippen LogP contribution < -0.4 is 15.4 Å². The van der Waals surface area contributed by atoms with Gasteiger partial charge < -0.3 is 15.4 Å². The maximum Gasteiger partial charge on any atom is 0.319 e. The van der Waals surface area contributed by atoms with Gasteiger partial charge in [0.25, 0.3) is 0 Å². The third kappa shape index (κ3) is 6.19. The van der Waals surface area contributed by atoms with Crippen molar-refractivity contribution in [3.05, 3.63) is 95.6 Å². The highest BCUT2D eigenvalue weighted by Gasteiger charge is 2.21. The third-order valence-corrected chi connectivity index (χ3v) is 6.29. The highest BCUT2D eigenvalue weighted by molar-refractivity contribution is 7.98. The molecule has 0 radical (unpaired) electrons. The Morgan fingerprint density at radius 2 is 1.83 bits per heavy atom. The minimum Gasteiger partial charge on any atom is -0.497 e. The van der Waals surface area contributed by atoms with Crippen molar-refractivity contribution in [2.24, 2.45) is 0 Å². The molecule has 0 saturated carbocycles. The van der Waals surface area contributed by atoms with E-state index in [0.717, 1.165) is 16.8 Å². The van der Waals surface area contributed by atoms with Crippen molar-refractivity contribution in [1.82, 2.24) is 20.1 Å². The molecule has 9 heteroatoms. The van der Waals surface area contributed by atoms with Crippen LogP contribution in [0.1, 0.15) is 29.9 Å². The summed E-state index contributed by atoms with van der Waals surface area (Å²) >= 11 is 1.49. The molecule has 180 valence electrons. The molecule has 1 atom stereocenters. The van der Waals surface area contributed by atoms with Crippen molar-refractivity contribution in [1.29, 1.82) is 0 Å². The van der Waals surface area contributed by atoms with Crippen LogP contribution in [0.5, 0.6) is 5.75 Å². The highest BCUT2D eigenvalue weighted by atomic mass is 32.2. The van der Waals surface area contributed by atoms with Crippen LogP contribution in [-0.2, 0) is 5.75 Å². The Balaban J connectivity index is 1.55. The second kappa shape index (κ2) is 11.1. The van der Waals surface area contributed by atoms with E-state index in [1.807, 2.05) is 42.7 Å². The molecule has 7 nitrogen and oxygen atoms in total. The zero-order valence-corrected chi connectivity index (χ0v) is 20.5. The Morgan fingerprint density at radius 3 is 2.54 bits per heavy atom. The van der Waals surface area contributed by atoms with E-state index in [4.69, 9.17) is 4.74 Å². The molecule has 0 spiro atoms. The average molecular weight is 492 g/mol. The minimum atomic E-state index is -0.436. The number of carbonyl (C=O) groups is 1. The van der Waals surface area contributed by atoms with E-state index in [-0.39, 0.29) is 11.8 Å². The molecule has 0 aliphatic carbocycles. The Bertz CT molecular complexity index is 1290. The van der Waals surface area contributed by atoms with Gasteiger partial charge in [0.05, 0.1) is 13.2 Å². The summed E-state index contributed by atoms with van der Waals surface area (Å²) in [5.74, 6) is 1.58. The number of amides is 2. The van der Waals surface area contributed by atoms with Crippen LogP contribution in [0.4, 0.5) is 14.9 Å². The van der Waals surface area contributed by atoms with Gasteiger partial charge in [-0.2, -0.15) is 0 Å². The van der Waals surface area contributed by atoms with Crippen LogP contribution in [0, 0.1) is 12.7 Å². The number of nitrogens with one attached hydrogen (secondary N) is 2. The molecule has 1 unspecified atom stereocenters. The van der Waals surface area contributed by atoms with Crippen molar-refractivity contribution in [2.45, 2.75) is 30.8 Å². The van der Waals surface area contributed by atoms with Crippen LogP contribution >= 0.6 is 11.8 Å². The molecular weight excluding hydrogens is 465 g/mol. The predicted octanol–water partition coefficient (Wildman–Crippen LogP) is 5.90. The number of hydrogen-bond donors (Lipinski definition) is 2. The monoisotopic (exact) mass is 491 g/mol. The van der Waals surface area contributed by atoms with E-state index in [2.05, 4.69) is 20.8 Å². The lowest BCUT2D eigenvalue weighted by molar-refractivity contribution is 0.249. The first-order chi connectivity index (χ1) is 16.9. The van der Waals surface area contributed by atoms with Gasteiger partial charge in [0.2, 0.25) is 0 Å². The average Bonchev–Trinajstić information content (AvgIpc) is 3.28. The summed E-state index contributed by atoms with van der Waals surface area (Å²) in [6.07, 6.45) is 0. The first-order valence-corrected chi connectivity index (χ1v) is 12.0. The van der Waals surface area contributed by atoms with Crippen LogP contribution in [0.2, 0.25) is 0 Å². The normalized spacial score (nSPS) is 11.7. The van der Waals surface area contributed by atoms with Gasteiger partial charge in [-0.1, -0.05) is 47.7 Å². The highest BCUT2D eigenvalue weighted by Crippen LogP contribution is 2.28. The van der Waals surface area contributed by atoms with Crippen molar-refractivity contribution in [3.8, 4) is 11.4 Å². The Hall–Kier alpha value is -3.85. The fourth-order valence-electron chi connectivity index (χ4n) is 3.45. The van der Waals surface area contributed by atoms with E-state index in [1.165, 1.54) is 23.9 Å². The largest absolute Gasteiger partial charge is 0.497 e. The molecule has 4 rings (SSSR count). The molecule has 2 amide bonds. The van der Waals surface area contributed by atoms with Crippen LogP contribution in [0.3, 0.4) is 0 Å². The van der Waals surface area contributed by atoms with Crippen LogP contribution in [-0.4, -0.2) is 27.9 Å². The topological polar surface area (TPSA) is 81.1 Å². The fourth-order valence-corrected chi connectivity index (χ4v) is 4.36. The molecule has 0 fully saturated rings. The second-order valence-corrected chi connectivity index (χ2v) is 8.92. The summed E-state index contributed by atoms with van der Waals surface area (Å²) in [5.41, 5.74) is 3.61. The number of halogens is 1. The maximum atomic E-state index is 13.3. The smallest absolute Gasteiger partial charge is 0.319 e. The van der Waals surface area contributed by atoms with Crippen molar-refractivity contribution in [2.75, 3.05) is 12.4 Å². The summed E-state index contributed by atoms with van der Waals surface area (Å²) in [4.78, 5) is 12.7. The van der Waals surface area contributed by atoms with Gasteiger partial charge >= 0.3 is 6.03 Å². The maximum absolute atomic E-state index is 13.3. The third-order valence-electron chi connectivity index (χ3n) is 5.29. The number of nitrogens with zero attached hydrogens (tertiary/aromatic N) is 3. The summed E-state index contributed by atoms with van der Waals surface area (Å²) in [5, 5.41) is 15.2. The SMILES string of the molecule is COc1cccc(NC(=O)NC(C)c2nnc(SCc3ccc(F)cc3)n2-c2ccc(C)cc2)c1. The number of carbonyl (C=O) groups excluding carboxylic acids is 1. The van der Waals surface area contributed by atoms with E-state index in [0.29, 0.717) is 28.2 Å². The zero-order chi connectivity index (χ0) is 24.8. The van der Waals surface area contributed by atoms with Gasteiger partial charge in [-0.3, -0.25) is 4.57 Å². The molecule has 1 aromatic heterocycles. The standard InChI is InChI=1S/C26H26FN5O2S/c1-17-7-13-22(14-8-17)32-24(30-31-26(32)35-16-19-9-11-20(27)12-10-19)18(2)28-25(33)29-21-5-4-6-23(15-21)34-3/h4-15,18H,16H2,1-3H3,(H2,28,29,33). The number of benzene rings is 3. The quantitative estimate of drug-likeness (QED) is 0.300. The van der Waals surface area contributed by atoms with Gasteiger partial charge in [-0.05, 0) is 55.8 Å². The van der Waals surface area contributed by atoms with Gasteiger partial charge in [0, 0.05) is 23.2 Å². The zero-order valence-electron chi connectivity index (χ0n) is 19.7. The summed E-state index contributed by atoms with van der Waals surface area (Å²) in [6.45, 7) is 3.88. The first-order valence-electron chi connectivity index (χ1n) is 11.0. The number of methoxy groups -OCH3 is 1. The number of rotatable bonds is 8. The number of aromatic nitrogens is 3. The van der Waals surface area contributed by atoms with Crippen molar-refractivity contribution >= 4 is 23.5 Å². The lowest BCUT2D eigenvalue weighted by atomic mass is 10.2. The predicted molar refractivity (Wildman–Crippen MR) is 136 cm³/mol. The van der Waals surface area contributed by atoms with Gasteiger partial charge in [0.1, 0.15) is 11.6 Å². The summed E-state index contributed by atoms with van der Waals surface area (Å²) in [6, 6.07) is 20.7. The van der Waals surface area contributed by atoms with Crippen molar-refractivity contribution in [3.63, 3.8) is 0 Å². The van der Waals surface area contributed by atoms with Gasteiger partial charge in [-0.15, -0.1) is 10.2 Å². The van der Waals surface area contributed by atoms with E-state index in [1.54, 1.807) is 43.5 Å². The molecule has 3 aromatic carbocycles. The first kappa shape index (κ1) is 24.3. The number of aryl methyl sites for hydroxylation is 1. The Labute approximate surface area is 207 Å². The molecule has 35 heavy (non-hydrogen) atoms. The number of ether oxygens (including phenoxy) is 1. The van der Waals surface area contributed by atoms with E-state index >= 15 is 0 Å². The molecular formula is C26H26FN5O2S. The molecule has 2 N–H and O–H groups in total. The number of hydrogen-bond acceptors (Lipinski definition) is 5. The number of urea groups is 1. The van der Waals surface area contributed by atoms with Crippen LogP contribution in [0.25, 0.3) is 5.69 Å². The molecule has 4 aromatic rings. The van der Waals surface area contributed by atoms with E-state index in [9.17, 15) is 9.18 Å². The Kier molecular flexibility index (Phi) is 7.67. The number of anilines is 1. The molecule has 0 bridgehead atoms. The number of thioether (sulfide) groups is 1. The summed E-state index contributed by atoms with van der Waals surface area (Å²) < 4.78 is 20.4. The summed E-state index contributed by atoms with van der Waals surface area (Å²) in [7, 11) is 1.57. The van der Waals surface area contributed by atoms with Gasteiger partial charge in [-0.25, -0.2) is 9.18 Å². The van der Waals surface area contributed by atoms with Gasteiger partial charge in [0.15, 0.2) is 11.0 Å². The van der Waals surface area contributed by atoms with Crippen molar-refractivity contribution < 1.29 is 13.9 Å². The van der Waals surface area contributed by atoms with Crippen LogP contribution in [0.15, 0.2) is 78.0 Å². The minimum absolute atomic E-state index is 0.268. The van der Waals surface area contributed by atoms with E-state index < -0.39 is 6.04 Å². The Morgan fingerprint density at radius 1 is 1.09 bits per heavy atom.